The van der Waals surface area contributed by atoms with Gasteiger partial charge in [0.1, 0.15) is 5.82 Å². The second-order valence-corrected chi connectivity index (χ2v) is 8.10. The summed E-state index contributed by atoms with van der Waals surface area (Å²) >= 11 is 0. The van der Waals surface area contributed by atoms with E-state index in [4.69, 9.17) is 10.7 Å². The number of aromatic nitrogens is 2. The summed E-state index contributed by atoms with van der Waals surface area (Å²) in [7, 11) is 0. The van der Waals surface area contributed by atoms with E-state index in [2.05, 4.69) is 29.5 Å². The van der Waals surface area contributed by atoms with Crippen molar-refractivity contribution in [3.8, 4) is 11.4 Å². The summed E-state index contributed by atoms with van der Waals surface area (Å²) in [4.78, 5) is 22.8. The molecule has 0 amide bonds. The van der Waals surface area contributed by atoms with Crippen LogP contribution in [0.4, 0.5) is 5.69 Å². The van der Waals surface area contributed by atoms with Gasteiger partial charge in [0.05, 0.1) is 11.3 Å². The van der Waals surface area contributed by atoms with Crippen molar-refractivity contribution in [2.45, 2.75) is 39.2 Å². The maximum absolute atomic E-state index is 12.7. The van der Waals surface area contributed by atoms with E-state index in [0.717, 1.165) is 49.2 Å². The van der Waals surface area contributed by atoms with E-state index in [1.165, 1.54) is 17.6 Å². The van der Waals surface area contributed by atoms with E-state index in [-0.39, 0.29) is 5.56 Å². The van der Waals surface area contributed by atoms with E-state index in [1.807, 2.05) is 24.3 Å². The molecule has 2 aromatic rings. The average molecular weight is 377 g/mol. The molecule has 2 heterocycles. The van der Waals surface area contributed by atoms with Crippen LogP contribution in [0.15, 0.2) is 52.9 Å². The zero-order valence-electron chi connectivity index (χ0n) is 16.5. The number of fused-ring (bicyclic) bond motifs is 1. The SMILES string of the molecule is C=C(C)C1CC=C(CN2CCc3nc(-c4ccc(N)cc4)[nH]c(=O)c3C2)CC1. The molecule has 5 heteroatoms. The van der Waals surface area contributed by atoms with Gasteiger partial charge in [-0.2, -0.15) is 0 Å². The van der Waals surface area contributed by atoms with Crippen molar-refractivity contribution in [1.29, 1.82) is 0 Å². The minimum atomic E-state index is -0.0264. The monoisotopic (exact) mass is 376 g/mol. The minimum Gasteiger partial charge on any atom is -0.399 e. The molecule has 1 aliphatic carbocycles. The number of H-pyrrole nitrogens is 1. The molecule has 5 nitrogen and oxygen atoms in total. The number of benzene rings is 1. The third kappa shape index (κ3) is 3.94. The molecule has 1 unspecified atom stereocenters. The Hall–Kier alpha value is -2.66. The molecule has 0 radical (unpaired) electrons. The number of anilines is 1. The predicted octanol–water partition coefficient (Wildman–Crippen LogP) is 3.68. The van der Waals surface area contributed by atoms with E-state index in [9.17, 15) is 4.79 Å². The maximum atomic E-state index is 12.7. The summed E-state index contributed by atoms with van der Waals surface area (Å²) in [5.41, 5.74) is 11.8. The highest BCUT2D eigenvalue weighted by Crippen LogP contribution is 2.29. The molecule has 0 fully saturated rings. The summed E-state index contributed by atoms with van der Waals surface area (Å²) in [5, 5.41) is 0. The van der Waals surface area contributed by atoms with Gasteiger partial charge in [-0.15, -0.1) is 0 Å². The number of nitrogens with one attached hydrogen (secondary N) is 1. The van der Waals surface area contributed by atoms with Crippen molar-refractivity contribution in [1.82, 2.24) is 14.9 Å². The maximum Gasteiger partial charge on any atom is 0.255 e. The molecule has 28 heavy (non-hydrogen) atoms. The summed E-state index contributed by atoms with van der Waals surface area (Å²) in [6, 6.07) is 7.44. The lowest BCUT2D eigenvalue weighted by Crippen LogP contribution is -2.37. The van der Waals surface area contributed by atoms with E-state index < -0.39 is 0 Å². The Labute approximate surface area is 166 Å². The van der Waals surface area contributed by atoms with Crippen molar-refractivity contribution in [3.63, 3.8) is 0 Å². The average Bonchev–Trinajstić information content (AvgIpc) is 2.69. The molecule has 1 aliphatic heterocycles. The van der Waals surface area contributed by atoms with E-state index in [0.29, 0.717) is 24.0 Å². The third-order valence-electron chi connectivity index (χ3n) is 5.96. The molecular formula is C23H28N4O. The Morgan fingerprint density at radius 3 is 2.79 bits per heavy atom. The third-order valence-corrected chi connectivity index (χ3v) is 5.96. The summed E-state index contributed by atoms with van der Waals surface area (Å²) < 4.78 is 0. The summed E-state index contributed by atoms with van der Waals surface area (Å²) in [5.74, 6) is 1.25. The standard InChI is InChI=1S/C23H28N4O/c1-15(2)17-5-3-16(4-6-17)13-27-12-11-21-20(14-27)23(28)26-22(25-21)18-7-9-19(24)10-8-18/h3,7-10,17H,1,4-6,11-14,24H2,2H3,(H,25,26,28). The number of allylic oxidation sites excluding steroid dienone is 2. The fraction of sp³-hybridized carbons (Fsp3) is 0.391. The predicted molar refractivity (Wildman–Crippen MR) is 114 cm³/mol. The van der Waals surface area contributed by atoms with Gasteiger partial charge < -0.3 is 10.7 Å². The molecule has 146 valence electrons. The van der Waals surface area contributed by atoms with Crippen LogP contribution in [-0.4, -0.2) is 28.0 Å². The fourth-order valence-electron chi connectivity index (χ4n) is 4.16. The van der Waals surface area contributed by atoms with Crippen LogP contribution in [0, 0.1) is 5.92 Å². The molecule has 1 atom stereocenters. The molecule has 1 aromatic carbocycles. The van der Waals surface area contributed by atoms with Gasteiger partial charge >= 0.3 is 0 Å². The first-order valence-electron chi connectivity index (χ1n) is 10.0. The van der Waals surface area contributed by atoms with Gasteiger partial charge in [0.15, 0.2) is 0 Å². The van der Waals surface area contributed by atoms with Crippen LogP contribution < -0.4 is 11.3 Å². The van der Waals surface area contributed by atoms with Crippen LogP contribution >= 0.6 is 0 Å². The summed E-state index contributed by atoms with van der Waals surface area (Å²) in [6.45, 7) is 8.77. The molecular weight excluding hydrogens is 348 g/mol. The fourth-order valence-corrected chi connectivity index (χ4v) is 4.16. The molecule has 4 rings (SSSR count). The molecule has 3 N–H and O–H groups in total. The highest BCUT2D eigenvalue weighted by Gasteiger charge is 2.23. The number of rotatable bonds is 4. The lowest BCUT2D eigenvalue weighted by Gasteiger charge is -2.30. The Bertz CT molecular complexity index is 971. The Balaban J connectivity index is 1.48. The molecule has 0 bridgehead atoms. The first-order valence-corrected chi connectivity index (χ1v) is 10.0. The van der Waals surface area contributed by atoms with Crippen LogP contribution in [0.5, 0.6) is 0 Å². The first-order chi connectivity index (χ1) is 13.5. The van der Waals surface area contributed by atoms with Crippen LogP contribution in [-0.2, 0) is 13.0 Å². The van der Waals surface area contributed by atoms with Crippen LogP contribution in [0.25, 0.3) is 11.4 Å². The zero-order valence-corrected chi connectivity index (χ0v) is 16.5. The number of nitrogens with zero attached hydrogens (tertiary/aromatic N) is 2. The van der Waals surface area contributed by atoms with Gasteiger partial charge in [0.25, 0.3) is 5.56 Å². The number of nitrogen functional groups attached to an aromatic ring is 1. The first kappa shape index (κ1) is 18.7. The molecule has 0 saturated heterocycles. The zero-order chi connectivity index (χ0) is 19.7. The van der Waals surface area contributed by atoms with Crippen LogP contribution in [0.3, 0.4) is 0 Å². The topological polar surface area (TPSA) is 75.0 Å². The lowest BCUT2D eigenvalue weighted by atomic mass is 9.85. The smallest absolute Gasteiger partial charge is 0.255 e. The van der Waals surface area contributed by atoms with E-state index in [1.54, 1.807) is 0 Å². The largest absolute Gasteiger partial charge is 0.399 e. The quantitative estimate of drug-likeness (QED) is 0.630. The minimum absolute atomic E-state index is 0.0264. The number of nitrogens with two attached hydrogens (primary N) is 1. The number of hydrogen-bond donors (Lipinski definition) is 2. The van der Waals surface area contributed by atoms with Crippen molar-refractivity contribution in [2.24, 2.45) is 5.92 Å². The lowest BCUT2D eigenvalue weighted by molar-refractivity contribution is 0.266. The van der Waals surface area contributed by atoms with Gasteiger partial charge in [-0.1, -0.05) is 23.8 Å². The van der Waals surface area contributed by atoms with Gasteiger partial charge in [-0.05, 0) is 56.4 Å². The molecule has 1 aromatic heterocycles. The number of aromatic amines is 1. The summed E-state index contributed by atoms with van der Waals surface area (Å²) in [6.07, 6.45) is 6.61. The van der Waals surface area contributed by atoms with Crippen molar-refractivity contribution < 1.29 is 0 Å². The molecule has 0 saturated carbocycles. The van der Waals surface area contributed by atoms with Gasteiger partial charge in [-0.3, -0.25) is 9.69 Å². The Kier molecular flexibility index (Phi) is 5.18. The van der Waals surface area contributed by atoms with Crippen molar-refractivity contribution in [2.75, 3.05) is 18.8 Å². The number of hydrogen-bond acceptors (Lipinski definition) is 4. The Morgan fingerprint density at radius 2 is 2.11 bits per heavy atom. The highest BCUT2D eigenvalue weighted by atomic mass is 16.1. The molecule has 0 spiro atoms. The van der Waals surface area contributed by atoms with Gasteiger partial charge in [0.2, 0.25) is 0 Å². The highest BCUT2D eigenvalue weighted by molar-refractivity contribution is 5.58. The second kappa shape index (κ2) is 7.76. The van der Waals surface area contributed by atoms with Crippen molar-refractivity contribution in [3.05, 3.63) is 69.7 Å². The molecule has 2 aliphatic rings. The van der Waals surface area contributed by atoms with E-state index >= 15 is 0 Å². The van der Waals surface area contributed by atoms with Crippen LogP contribution in [0.2, 0.25) is 0 Å². The van der Waals surface area contributed by atoms with Crippen molar-refractivity contribution >= 4 is 5.69 Å². The normalized spacial score (nSPS) is 19.8. The van der Waals surface area contributed by atoms with Gasteiger partial charge in [-0.25, -0.2) is 4.98 Å². The Morgan fingerprint density at radius 1 is 1.32 bits per heavy atom. The van der Waals surface area contributed by atoms with Gasteiger partial charge in [0, 0.05) is 37.3 Å². The second-order valence-electron chi connectivity index (χ2n) is 8.10. The van der Waals surface area contributed by atoms with Crippen LogP contribution in [0.1, 0.15) is 37.4 Å².